The van der Waals surface area contributed by atoms with Crippen LogP contribution in [-0.2, 0) is 6.54 Å². The molecule has 0 unspecified atom stereocenters. The highest BCUT2D eigenvalue weighted by molar-refractivity contribution is 5.26. The predicted octanol–water partition coefficient (Wildman–Crippen LogP) is -0.965. The maximum Gasteiger partial charge on any atom is 0.173 e. The number of nitrogens with zero attached hydrogens (tertiary/aromatic N) is 1. The molecule has 0 fully saturated rings. The average molecular weight is 236 g/mol. The summed E-state index contributed by atoms with van der Waals surface area (Å²) in [5.74, 6) is 0.900. The first-order chi connectivity index (χ1) is 7.38. The summed E-state index contributed by atoms with van der Waals surface area (Å²) in [5.41, 5.74) is 1.27. The molecule has 1 heterocycles. The maximum absolute atomic E-state index is 5.11. The molecular formula is C13H14ClNO. The van der Waals surface area contributed by atoms with Crippen LogP contribution in [0.5, 0.6) is 5.75 Å². The molecule has 0 saturated carbocycles. The lowest BCUT2D eigenvalue weighted by atomic mass is 10.2. The Morgan fingerprint density at radius 1 is 1.00 bits per heavy atom. The molecule has 2 aromatic rings. The van der Waals surface area contributed by atoms with Crippen molar-refractivity contribution in [3.05, 3.63) is 60.4 Å². The first-order valence-electron chi connectivity index (χ1n) is 4.95. The van der Waals surface area contributed by atoms with E-state index in [4.69, 9.17) is 4.74 Å². The van der Waals surface area contributed by atoms with Crippen molar-refractivity contribution in [3.63, 3.8) is 0 Å². The zero-order chi connectivity index (χ0) is 10.5. The Hall–Kier alpha value is -1.54. The summed E-state index contributed by atoms with van der Waals surface area (Å²) in [6.07, 6.45) is 4.12. The topological polar surface area (TPSA) is 13.1 Å². The third kappa shape index (κ3) is 3.24. The molecule has 3 heteroatoms. The van der Waals surface area contributed by atoms with Crippen LogP contribution in [0.1, 0.15) is 5.56 Å². The molecule has 2 nitrogen and oxygen atoms in total. The molecule has 2 rings (SSSR count). The van der Waals surface area contributed by atoms with Crippen molar-refractivity contribution in [2.45, 2.75) is 6.54 Å². The average Bonchev–Trinajstić information content (AvgIpc) is 2.31. The summed E-state index contributed by atoms with van der Waals surface area (Å²) in [5, 5.41) is 0. The van der Waals surface area contributed by atoms with Crippen molar-refractivity contribution >= 4 is 0 Å². The molecule has 0 saturated heterocycles. The summed E-state index contributed by atoms with van der Waals surface area (Å²) in [7, 11) is 1.68. The van der Waals surface area contributed by atoms with E-state index in [0.717, 1.165) is 12.3 Å². The van der Waals surface area contributed by atoms with Gasteiger partial charge in [-0.3, -0.25) is 0 Å². The number of hydrogen-bond acceptors (Lipinski definition) is 1. The minimum atomic E-state index is 0. The molecule has 0 atom stereocenters. The molecule has 16 heavy (non-hydrogen) atoms. The highest BCUT2D eigenvalue weighted by Crippen LogP contribution is 2.10. The van der Waals surface area contributed by atoms with Gasteiger partial charge in [-0.25, -0.2) is 4.57 Å². The summed E-state index contributed by atoms with van der Waals surface area (Å²) in [6.45, 7) is 0.894. The van der Waals surface area contributed by atoms with Gasteiger partial charge in [0.2, 0.25) is 0 Å². The van der Waals surface area contributed by atoms with Gasteiger partial charge in [-0.1, -0.05) is 6.07 Å². The molecule has 0 spiro atoms. The van der Waals surface area contributed by atoms with Crippen LogP contribution in [-0.4, -0.2) is 7.11 Å². The Kier molecular flexibility index (Phi) is 4.80. The zero-order valence-electron chi connectivity index (χ0n) is 9.14. The van der Waals surface area contributed by atoms with Crippen molar-refractivity contribution in [2.24, 2.45) is 0 Å². The fourth-order valence-electron chi connectivity index (χ4n) is 1.48. The van der Waals surface area contributed by atoms with Crippen molar-refractivity contribution in [3.8, 4) is 5.75 Å². The molecule has 84 valence electrons. The van der Waals surface area contributed by atoms with E-state index >= 15 is 0 Å². The summed E-state index contributed by atoms with van der Waals surface area (Å²) < 4.78 is 7.25. The van der Waals surface area contributed by atoms with E-state index in [1.165, 1.54) is 5.56 Å². The van der Waals surface area contributed by atoms with Crippen molar-refractivity contribution in [1.82, 2.24) is 0 Å². The van der Waals surface area contributed by atoms with Gasteiger partial charge in [-0.15, -0.1) is 0 Å². The summed E-state index contributed by atoms with van der Waals surface area (Å²) in [4.78, 5) is 0. The predicted molar refractivity (Wildman–Crippen MR) is 58.7 cm³/mol. The number of hydrogen-bond donors (Lipinski definition) is 0. The van der Waals surface area contributed by atoms with Crippen LogP contribution >= 0.6 is 0 Å². The number of methoxy groups -OCH3 is 1. The fraction of sp³-hybridized carbons (Fsp3) is 0.154. The minimum Gasteiger partial charge on any atom is -1.00 e. The molecule has 0 bridgehead atoms. The van der Waals surface area contributed by atoms with Crippen LogP contribution in [0.15, 0.2) is 54.9 Å². The first-order valence-corrected chi connectivity index (χ1v) is 4.95. The number of rotatable bonds is 3. The van der Waals surface area contributed by atoms with Crippen LogP contribution in [0.3, 0.4) is 0 Å². The molecule has 0 amide bonds. The third-order valence-corrected chi connectivity index (χ3v) is 2.30. The van der Waals surface area contributed by atoms with Gasteiger partial charge in [-0.2, -0.15) is 0 Å². The van der Waals surface area contributed by atoms with Gasteiger partial charge in [0.1, 0.15) is 5.75 Å². The number of halogens is 1. The third-order valence-electron chi connectivity index (χ3n) is 2.30. The van der Waals surface area contributed by atoms with E-state index in [1.54, 1.807) is 7.11 Å². The monoisotopic (exact) mass is 235 g/mol. The van der Waals surface area contributed by atoms with Crippen LogP contribution in [0.2, 0.25) is 0 Å². The van der Waals surface area contributed by atoms with Crippen LogP contribution in [0.4, 0.5) is 0 Å². The molecule has 0 aliphatic carbocycles. The van der Waals surface area contributed by atoms with Gasteiger partial charge in [0.25, 0.3) is 0 Å². The van der Waals surface area contributed by atoms with Crippen LogP contribution < -0.4 is 21.7 Å². The van der Waals surface area contributed by atoms with E-state index in [0.29, 0.717) is 0 Å². The highest BCUT2D eigenvalue weighted by atomic mass is 35.5. The van der Waals surface area contributed by atoms with Gasteiger partial charge in [0.05, 0.1) is 7.11 Å². The first kappa shape index (κ1) is 12.5. The van der Waals surface area contributed by atoms with Crippen LogP contribution in [0, 0.1) is 0 Å². The van der Waals surface area contributed by atoms with Gasteiger partial charge >= 0.3 is 0 Å². The number of benzene rings is 1. The molecule has 0 aliphatic heterocycles. The molecule has 1 aromatic heterocycles. The fourth-order valence-corrected chi connectivity index (χ4v) is 1.48. The van der Waals surface area contributed by atoms with E-state index in [2.05, 4.69) is 29.1 Å². The van der Waals surface area contributed by atoms with E-state index in [9.17, 15) is 0 Å². The van der Waals surface area contributed by atoms with E-state index in [-0.39, 0.29) is 12.4 Å². The molecule has 0 radical (unpaired) electrons. The summed E-state index contributed by atoms with van der Waals surface area (Å²) in [6, 6.07) is 14.2. The normalized spacial score (nSPS) is 9.31. The smallest absolute Gasteiger partial charge is 0.173 e. The lowest BCUT2D eigenvalue weighted by Crippen LogP contribution is -3.00. The minimum absolute atomic E-state index is 0. The maximum atomic E-state index is 5.11. The molecule has 1 aromatic carbocycles. The second-order valence-corrected chi connectivity index (χ2v) is 3.40. The number of pyridine rings is 1. The standard InChI is InChI=1S/C13H14NO.ClH/c1-15-13-7-5-12(6-8-13)11-14-9-3-2-4-10-14;/h2-10H,11H2,1H3;1H/q+1;/p-1. The van der Waals surface area contributed by atoms with E-state index < -0.39 is 0 Å². The lowest BCUT2D eigenvalue weighted by molar-refractivity contribution is -0.688. The molecular weight excluding hydrogens is 222 g/mol. The Morgan fingerprint density at radius 2 is 1.62 bits per heavy atom. The Balaban J connectivity index is 0.00000128. The van der Waals surface area contributed by atoms with Crippen molar-refractivity contribution in [2.75, 3.05) is 7.11 Å². The van der Waals surface area contributed by atoms with Crippen LogP contribution in [0.25, 0.3) is 0 Å². The SMILES string of the molecule is COc1ccc(C[n+]2ccccc2)cc1.[Cl-]. The molecule has 0 aliphatic rings. The van der Waals surface area contributed by atoms with Gasteiger partial charge < -0.3 is 17.1 Å². The number of aromatic nitrogens is 1. The van der Waals surface area contributed by atoms with Gasteiger partial charge in [-0.05, 0) is 24.3 Å². The van der Waals surface area contributed by atoms with Crippen molar-refractivity contribution < 1.29 is 21.7 Å². The Bertz CT molecular complexity index is 414. The molecule has 0 N–H and O–H groups in total. The Morgan fingerprint density at radius 3 is 2.19 bits per heavy atom. The quantitative estimate of drug-likeness (QED) is 0.625. The highest BCUT2D eigenvalue weighted by Gasteiger charge is 2.00. The van der Waals surface area contributed by atoms with E-state index in [1.807, 2.05) is 30.3 Å². The summed E-state index contributed by atoms with van der Waals surface area (Å²) >= 11 is 0. The second kappa shape index (κ2) is 6.13. The van der Waals surface area contributed by atoms with Crippen molar-refractivity contribution in [1.29, 1.82) is 0 Å². The second-order valence-electron chi connectivity index (χ2n) is 3.40. The lowest BCUT2D eigenvalue weighted by Gasteiger charge is -2.00. The largest absolute Gasteiger partial charge is 1.00 e. The van der Waals surface area contributed by atoms with Gasteiger partial charge in [0, 0.05) is 17.7 Å². The zero-order valence-corrected chi connectivity index (χ0v) is 9.89. The number of ether oxygens (including phenoxy) is 1. The van der Waals surface area contributed by atoms with Gasteiger partial charge in [0.15, 0.2) is 18.9 Å². The Labute approximate surface area is 102 Å².